The van der Waals surface area contributed by atoms with E-state index in [2.05, 4.69) is 5.16 Å². The number of aliphatic hydroxyl groups is 1. The highest BCUT2D eigenvalue weighted by atomic mass is 19.1. The summed E-state index contributed by atoms with van der Waals surface area (Å²) in [6.07, 6.45) is 0. The Morgan fingerprint density at radius 3 is 2.67 bits per heavy atom. The van der Waals surface area contributed by atoms with Gasteiger partial charge in [-0.05, 0) is 49.4 Å². The van der Waals surface area contributed by atoms with Gasteiger partial charge in [-0.25, -0.2) is 4.39 Å². The molecule has 0 saturated heterocycles. The Bertz CT molecular complexity index is 874. The molecule has 5 nitrogen and oxygen atoms in total. The second kappa shape index (κ2) is 6.41. The van der Waals surface area contributed by atoms with Gasteiger partial charge in [-0.3, -0.25) is 4.79 Å². The third kappa shape index (κ3) is 2.88. The zero-order chi connectivity index (χ0) is 17.3. The number of hydrogen-bond donors (Lipinski definition) is 1. The summed E-state index contributed by atoms with van der Waals surface area (Å²) in [6.45, 7) is 1.65. The average molecular weight is 328 g/mol. The van der Waals surface area contributed by atoms with Crippen molar-refractivity contribution in [1.29, 1.82) is 0 Å². The van der Waals surface area contributed by atoms with E-state index in [0.29, 0.717) is 27.8 Å². The molecule has 1 N–H and O–H groups in total. The number of benzene rings is 2. The van der Waals surface area contributed by atoms with Gasteiger partial charge in [0.05, 0.1) is 18.0 Å². The van der Waals surface area contributed by atoms with E-state index in [-0.39, 0.29) is 24.4 Å². The molecule has 2 aromatic carbocycles. The van der Waals surface area contributed by atoms with E-state index in [1.807, 2.05) is 0 Å². The molecule has 3 aromatic rings. The summed E-state index contributed by atoms with van der Waals surface area (Å²) in [5.41, 5.74) is 1.76. The van der Waals surface area contributed by atoms with Gasteiger partial charge in [0.25, 0.3) is 5.91 Å². The van der Waals surface area contributed by atoms with Crippen LogP contribution < -0.4 is 0 Å². The number of fused-ring (bicyclic) bond motifs is 1. The lowest BCUT2D eigenvalue weighted by molar-refractivity contribution is 0.0682. The SMILES string of the molecule is CC(CO)N(C)C(=O)c1ccc2noc(-c3ccc(F)cc3)c2c1. The molecule has 0 saturated carbocycles. The normalized spacial score (nSPS) is 12.3. The van der Waals surface area contributed by atoms with Crippen molar-refractivity contribution in [3.63, 3.8) is 0 Å². The van der Waals surface area contributed by atoms with Crippen molar-refractivity contribution in [3.8, 4) is 11.3 Å². The van der Waals surface area contributed by atoms with E-state index in [9.17, 15) is 14.3 Å². The van der Waals surface area contributed by atoms with Crippen LogP contribution in [0.2, 0.25) is 0 Å². The predicted octanol–water partition coefficient (Wildman–Crippen LogP) is 3.09. The monoisotopic (exact) mass is 328 g/mol. The van der Waals surface area contributed by atoms with Gasteiger partial charge in [0.2, 0.25) is 0 Å². The molecule has 6 heteroatoms. The maximum atomic E-state index is 13.1. The smallest absolute Gasteiger partial charge is 0.253 e. The summed E-state index contributed by atoms with van der Waals surface area (Å²) in [7, 11) is 1.64. The molecule has 1 heterocycles. The van der Waals surface area contributed by atoms with E-state index in [0.717, 1.165) is 0 Å². The highest BCUT2D eigenvalue weighted by molar-refractivity contribution is 6.01. The van der Waals surface area contributed by atoms with Gasteiger partial charge in [0, 0.05) is 18.2 Å². The van der Waals surface area contributed by atoms with Crippen molar-refractivity contribution in [2.75, 3.05) is 13.7 Å². The van der Waals surface area contributed by atoms with Crippen LogP contribution in [0.15, 0.2) is 47.0 Å². The van der Waals surface area contributed by atoms with E-state index in [1.54, 1.807) is 44.3 Å². The number of carbonyl (C=O) groups excluding carboxylic acids is 1. The van der Waals surface area contributed by atoms with Crippen LogP contribution in [-0.2, 0) is 0 Å². The number of hydrogen-bond acceptors (Lipinski definition) is 4. The number of amides is 1. The van der Waals surface area contributed by atoms with Gasteiger partial charge in [0.1, 0.15) is 11.3 Å². The maximum absolute atomic E-state index is 13.1. The summed E-state index contributed by atoms with van der Waals surface area (Å²) in [4.78, 5) is 14.0. The minimum atomic E-state index is -0.335. The number of rotatable bonds is 4. The number of aliphatic hydroxyl groups excluding tert-OH is 1. The molecule has 0 aliphatic carbocycles. The number of aromatic nitrogens is 1. The third-order valence-corrected chi connectivity index (χ3v) is 4.08. The van der Waals surface area contributed by atoms with Crippen LogP contribution in [0.4, 0.5) is 4.39 Å². The lowest BCUT2D eigenvalue weighted by atomic mass is 10.1. The largest absolute Gasteiger partial charge is 0.394 e. The molecule has 1 unspecified atom stereocenters. The number of nitrogens with zero attached hydrogens (tertiary/aromatic N) is 2. The Morgan fingerprint density at radius 2 is 2.00 bits per heavy atom. The molecule has 0 spiro atoms. The minimum Gasteiger partial charge on any atom is -0.394 e. The fourth-order valence-corrected chi connectivity index (χ4v) is 2.41. The summed E-state index contributed by atoms with van der Waals surface area (Å²) in [5, 5.41) is 13.9. The average Bonchev–Trinajstić information content (AvgIpc) is 3.03. The lowest BCUT2D eigenvalue weighted by Gasteiger charge is -2.23. The van der Waals surface area contributed by atoms with Gasteiger partial charge in [-0.1, -0.05) is 5.16 Å². The standard InChI is InChI=1S/C18H17FN2O3/c1-11(10-22)21(2)18(23)13-5-8-16-15(9-13)17(24-20-16)12-3-6-14(19)7-4-12/h3-9,11,22H,10H2,1-2H3. The van der Waals surface area contributed by atoms with Crippen LogP contribution in [-0.4, -0.2) is 40.8 Å². The van der Waals surface area contributed by atoms with Crippen molar-refractivity contribution in [3.05, 3.63) is 53.8 Å². The minimum absolute atomic E-state index is 0.113. The van der Waals surface area contributed by atoms with Crippen LogP contribution in [0.3, 0.4) is 0 Å². The zero-order valence-corrected chi connectivity index (χ0v) is 13.4. The van der Waals surface area contributed by atoms with Gasteiger partial charge in [0.15, 0.2) is 5.76 Å². The second-order valence-electron chi connectivity index (χ2n) is 5.70. The summed E-state index contributed by atoms with van der Waals surface area (Å²) < 4.78 is 18.5. The highest BCUT2D eigenvalue weighted by Crippen LogP contribution is 2.29. The topological polar surface area (TPSA) is 66.6 Å². The molecular formula is C18H17FN2O3. The Hall–Kier alpha value is -2.73. The molecule has 1 amide bonds. The molecular weight excluding hydrogens is 311 g/mol. The molecule has 124 valence electrons. The first-order valence-electron chi connectivity index (χ1n) is 7.54. The molecule has 0 radical (unpaired) electrons. The Kier molecular flexibility index (Phi) is 4.31. The first kappa shape index (κ1) is 16.1. The highest BCUT2D eigenvalue weighted by Gasteiger charge is 2.19. The maximum Gasteiger partial charge on any atom is 0.253 e. The molecule has 1 atom stereocenters. The first-order valence-corrected chi connectivity index (χ1v) is 7.54. The molecule has 3 rings (SSSR count). The van der Waals surface area contributed by atoms with Crippen LogP contribution in [0.1, 0.15) is 17.3 Å². The van der Waals surface area contributed by atoms with Crippen molar-refractivity contribution < 1.29 is 18.8 Å². The fourth-order valence-electron chi connectivity index (χ4n) is 2.41. The Labute approximate surface area is 138 Å². The molecule has 0 bridgehead atoms. The molecule has 1 aromatic heterocycles. The molecule has 24 heavy (non-hydrogen) atoms. The Morgan fingerprint density at radius 1 is 1.29 bits per heavy atom. The zero-order valence-electron chi connectivity index (χ0n) is 13.4. The van der Waals surface area contributed by atoms with Crippen LogP contribution in [0, 0.1) is 5.82 Å². The van der Waals surface area contributed by atoms with Gasteiger partial charge in [-0.15, -0.1) is 0 Å². The van der Waals surface area contributed by atoms with E-state index < -0.39 is 0 Å². The third-order valence-electron chi connectivity index (χ3n) is 4.08. The Balaban J connectivity index is 2.03. The van der Waals surface area contributed by atoms with Crippen molar-refractivity contribution in [2.45, 2.75) is 13.0 Å². The van der Waals surface area contributed by atoms with Gasteiger partial charge in [-0.2, -0.15) is 0 Å². The van der Waals surface area contributed by atoms with Crippen molar-refractivity contribution in [1.82, 2.24) is 10.1 Å². The van der Waals surface area contributed by atoms with Crippen LogP contribution >= 0.6 is 0 Å². The van der Waals surface area contributed by atoms with Crippen molar-refractivity contribution in [2.24, 2.45) is 0 Å². The number of likely N-dealkylation sites (N-methyl/N-ethyl adjacent to an activating group) is 1. The van der Waals surface area contributed by atoms with E-state index in [4.69, 9.17) is 4.52 Å². The predicted molar refractivity (Wildman–Crippen MR) is 88.0 cm³/mol. The molecule has 0 fully saturated rings. The van der Waals surface area contributed by atoms with E-state index >= 15 is 0 Å². The fraction of sp³-hybridized carbons (Fsp3) is 0.222. The van der Waals surface area contributed by atoms with Crippen LogP contribution in [0.25, 0.3) is 22.2 Å². The summed E-state index contributed by atoms with van der Waals surface area (Å²) in [5.74, 6) is -0.0553. The van der Waals surface area contributed by atoms with Crippen LogP contribution in [0.5, 0.6) is 0 Å². The summed E-state index contributed by atoms with van der Waals surface area (Å²) in [6, 6.07) is 10.7. The first-order chi connectivity index (χ1) is 11.5. The number of halogens is 1. The molecule has 0 aliphatic heterocycles. The van der Waals surface area contributed by atoms with Crippen molar-refractivity contribution >= 4 is 16.8 Å². The van der Waals surface area contributed by atoms with Gasteiger partial charge < -0.3 is 14.5 Å². The molecule has 0 aliphatic rings. The summed E-state index contributed by atoms with van der Waals surface area (Å²) >= 11 is 0. The van der Waals surface area contributed by atoms with E-state index in [1.165, 1.54) is 17.0 Å². The number of carbonyl (C=O) groups is 1. The lowest BCUT2D eigenvalue weighted by Crippen LogP contribution is -2.37. The van der Waals surface area contributed by atoms with Gasteiger partial charge >= 0.3 is 0 Å². The second-order valence-corrected chi connectivity index (χ2v) is 5.70. The quantitative estimate of drug-likeness (QED) is 0.799.